The molecule has 1 aromatic carbocycles. The van der Waals surface area contributed by atoms with Gasteiger partial charge in [0.05, 0.1) is 0 Å². The molecule has 6 heteroatoms. The van der Waals surface area contributed by atoms with Crippen molar-refractivity contribution < 1.29 is 13.5 Å². The van der Waals surface area contributed by atoms with E-state index in [1.807, 2.05) is 20.0 Å². The number of ether oxygens (including phenoxy) is 1. The molecule has 0 fully saturated rings. The van der Waals surface area contributed by atoms with E-state index in [2.05, 4.69) is 26.2 Å². The van der Waals surface area contributed by atoms with Crippen molar-refractivity contribution in [3.8, 4) is 11.6 Å². The number of rotatable bonds is 4. The van der Waals surface area contributed by atoms with Crippen molar-refractivity contribution >= 4 is 15.9 Å². The Bertz CT molecular complexity index is 635. The summed E-state index contributed by atoms with van der Waals surface area (Å²) in [5.74, 6) is -1.99. The zero-order valence-electron chi connectivity index (χ0n) is 11.0. The topological polar surface area (TPSA) is 34.2 Å². The van der Waals surface area contributed by atoms with Crippen LogP contribution in [0.1, 0.15) is 11.3 Å². The van der Waals surface area contributed by atoms with E-state index in [1.54, 1.807) is 6.07 Å². The molecule has 0 saturated carbocycles. The highest BCUT2D eigenvalue weighted by Crippen LogP contribution is 2.29. The third-order valence-corrected chi connectivity index (χ3v) is 3.00. The molecule has 2 aromatic rings. The van der Waals surface area contributed by atoms with Crippen LogP contribution in [0.25, 0.3) is 0 Å². The lowest BCUT2D eigenvalue weighted by Gasteiger charge is -2.09. The van der Waals surface area contributed by atoms with Gasteiger partial charge in [-0.2, -0.15) is 4.39 Å². The van der Waals surface area contributed by atoms with Gasteiger partial charge in [0, 0.05) is 22.8 Å². The van der Waals surface area contributed by atoms with Crippen LogP contribution in [0.15, 0.2) is 28.7 Å². The number of nitrogens with one attached hydrogen (secondary N) is 1. The first-order chi connectivity index (χ1) is 9.49. The maximum absolute atomic E-state index is 13.7. The summed E-state index contributed by atoms with van der Waals surface area (Å²) in [6.45, 7) is 2.44. The lowest BCUT2D eigenvalue weighted by atomic mass is 10.2. The molecule has 0 saturated heterocycles. The lowest BCUT2D eigenvalue weighted by Crippen LogP contribution is -2.06. The first kappa shape index (κ1) is 14.9. The van der Waals surface area contributed by atoms with Crippen LogP contribution >= 0.6 is 15.9 Å². The van der Waals surface area contributed by atoms with Crippen molar-refractivity contribution in [3.63, 3.8) is 0 Å². The summed E-state index contributed by atoms with van der Waals surface area (Å²) in [6.07, 6.45) is 0. The molecular weight excluding hydrogens is 330 g/mol. The molecule has 0 aliphatic heterocycles. The van der Waals surface area contributed by atoms with Gasteiger partial charge in [0.15, 0.2) is 11.6 Å². The fourth-order valence-electron chi connectivity index (χ4n) is 1.78. The number of nitrogens with zero attached hydrogens (tertiary/aromatic N) is 1. The molecule has 0 spiro atoms. The average Bonchev–Trinajstić information content (AvgIpc) is 2.35. The molecule has 106 valence electrons. The maximum atomic E-state index is 13.7. The fraction of sp³-hybridized carbons (Fsp3) is 0.214. The summed E-state index contributed by atoms with van der Waals surface area (Å²) in [7, 11) is 1.82. The summed E-state index contributed by atoms with van der Waals surface area (Å²) < 4.78 is 32.7. The smallest absolute Gasteiger partial charge is 0.219 e. The highest BCUT2D eigenvalue weighted by molar-refractivity contribution is 9.10. The summed E-state index contributed by atoms with van der Waals surface area (Å²) in [4.78, 5) is 4.16. The number of aromatic nitrogens is 1. The van der Waals surface area contributed by atoms with E-state index in [0.717, 1.165) is 17.3 Å². The van der Waals surface area contributed by atoms with Crippen molar-refractivity contribution in [1.29, 1.82) is 0 Å². The Hall–Kier alpha value is -1.53. The van der Waals surface area contributed by atoms with Crippen LogP contribution in [-0.2, 0) is 6.54 Å². The van der Waals surface area contributed by atoms with Gasteiger partial charge in [-0.1, -0.05) is 15.9 Å². The molecule has 20 heavy (non-hydrogen) atoms. The summed E-state index contributed by atoms with van der Waals surface area (Å²) in [5, 5.41) is 3.01. The SMILES string of the molecule is CNCc1cc(C)nc(Oc2cc(Br)cc(F)c2F)c1. The third-order valence-electron chi connectivity index (χ3n) is 2.54. The Morgan fingerprint density at radius 3 is 2.70 bits per heavy atom. The maximum Gasteiger partial charge on any atom is 0.219 e. The highest BCUT2D eigenvalue weighted by Gasteiger charge is 2.13. The largest absolute Gasteiger partial charge is 0.436 e. The van der Waals surface area contributed by atoms with Crippen LogP contribution < -0.4 is 10.1 Å². The van der Waals surface area contributed by atoms with Crippen LogP contribution in [0.2, 0.25) is 0 Å². The second-order valence-corrected chi connectivity index (χ2v) is 5.20. The van der Waals surface area contributed by atoms with E-state index in [0.29, 0.717) is 11.0 Å². The van der Waals surface area contributed by atoms with E-state index >= 15 is 0 Å². The van der Waals surface area contributed by atoms with Crippen LogP contribution in [0, 0.1) is 18.6 Å². The van der Waals surface area contributed by atoms with E-state index in [4.69, 9.17) is 4.74 Å². The molecule has 2 rings (SSSR count). The van der Waals surface area contributed by atoms with Gasteiger partial charge in [-0.15, -0.1) is 0 Å². The van der Waals surface area contributed by atoms with Crippen molar-refractivity contribution in [3.05, 3.63) is 51.6 Å². The monoisotopic (exact) mass is 342 g/mol. The molecule has 0 bridgehead atoms. The summed E-state index contributed by atoms with van der Waals surface area (Å²) in [6, 6.07) is 5.97. The normalized spacial score (nSPS) is 10.7. The lowest BCUT2D eigenvalue weighted by molar-refractivity contribution is 0.404. The van der Waals surface area contributed by atoms with Gasteiger partial charge in [0.25, 0.3) is 0 Å². The zero-order chi connectivity index (χ0) is 14.7. The minimum atomic E-state index is -1.04. The summed E-state index contributed by atoms with van der Waals surface area (Å²) in [5.41, 5.74) is 1.69. The Morgan fingerprint density at radius 1 is 1.25 bits per heavy atom. The van der Waals surface area contributed by atoms with Gasteiger partial charge in [0.1, 0.15) is 0 Å². The molecular formula is C14H13BrF2N2O. The standard InChI is InChI=1S/C14H13BrF2N2O/c1-8-3-9(7-18-2)4-13(19-8)20-12-6-10(15)5-11(16)14(12)17/h3-6,18H,7H2,1-2H3. The van der Waals surface area contributed by atoms with Gasteiger partial charge in [-0.25, -0.2) is 9.37 Å². The first-order valence-electron chi connectivity index (χ1n) is 5.94. The number of hydrogen-bond acceptors (Lipinski definition) is 3. The molecule has 1 N–H and O–H groups in total. The van der Waals surface area contributed by atoms with Crippen molar-refractivity contribution in [2.75, 3.05) is 7.05 Å². The third kappa shape index (κ3) is 3.52. The molecule has 0 amide bonds. The molecule has 1 aromatic heterocycles. The fourth-order valence-corrected chi connectivity index (χ4v) is 2.19. The van der Waals surface area contributed by atoms with E-state index < -0.39 is 11.6 Å². The number of halogens is 3. The van der Waals surface area contributed by atoms with Crippen LogP contribution in [-0.4, -0.2) is 12.0 Å². The number of benzene rings is 1. The van der Waals surface area contributed by atoms with Crippen molar-refractivity contribution in [2.45, 2.75) is 13.5 Å². The van der Waals surface area contributed by atoms with E-state index in [-0.39, 0.29) is 11.6 Å². The minimum Gasteiger partial charge on any atom is -0.436 e. The minimum absolute atomic E-state index is 0.203. The van der Waals surface area contributed by atoms with Crippen LogP contribution in [0.4, 0.5) is 8.78 Å². The number of hydrogen-bond donors (Lipinski definition) is 1. The molecule has 0 aliphatic carbocycles. The Morgan fingerprint density at radius 2 is 2.00 bits per heavy atom. The molecule has 0 atom stereocenters. The summed E-state index contributed by atoms with van der Waals surface area (Å²) >= 11 is 3.10. The van der Waals surface area contributed by atoms with Gasteiger partial charge < -0.3 is 10.1 Å². The zero-order valence-corrected chi connectivity index (χ0v) is 12.6. The van der Waals surface area contributed by atoms with Crippen molar-refractivity contribution in [1.82, 2.24) is 10.3 Å². The van der Waals surface area contributed by atoms with Crippen molar-refractivity contribution in [2.24, 2.45) is 0 Å². The first-order valence-corrected chi connectivity index (χ1v) is 6.73. The number of aryl methyl sites for hydroxylation is 1. The quantitative estimate of drug-likeness (QED) is 0.854. The second kappa shape index (κ2) is 6.28. The molecule has 0 aliphatic rings. The van der Waals surface area contributed by atoms with Gasteiger partial charge in [-0.05, 0) is 37.7 Å². The van der Waals surface area contributed by atoms with Gasteiger partial charge in [-0.3, -0.25) is 0 Å². The molecule has 1 heterocycles. The van der Waals surface area contributed by atoms with Crippen LogP contribution in [0.3, 0.4) is 0 Å². The Labute approximate surface area is 124 Å². The Balaban J connectivity index is 2.34. The molecule has 0 radical (unpaired) electrons. The average molecular weight is 343 g/mol. The van der Waals surface area contributed by atoms with Crippen LogP contribution in [0.5, 0.6) is 11.6 Å². The van der Waals surface area contributed by atoms with E-state index in [9.17, 15) is 8.78 Å². The van der Waals surface area contributed by atoms with Gasteiger partial charge >= 0.3 is 0 Å². The van der Waals surface area contributed by atoms with E-state index in [1.165, 1.54) is 6.07 Å². The highest BCUT2D eigenvalue weighted by atomic mass is 79.9. The second-order valence-electron chi connectivity index (χ2n) is 4.29. The predicted molar refractivity (Wildman–Crippen MR) is 75.9 cm³/mol. The molecule has 3 nitrogen and oxygen atoms in total. The Kier molecular flexibility index (Phi) is 4.67. The molecule has 0 unspecified atom stereocenters. The van der Waals surface area contributed by atoms with Gasteiger partial charge in [0.2, 0.25) is 11.7 Å². The number of pyridine rings is 1. The predicted octanol–water partition coefficient (Wildman–Crippen LogP) is 3.94.